The van der Waals surface area contributed by atoms with Crippen LogP contribution in [-0.2, 0) is 5.54 Å². The maximum atomic E-state index is 9.43. The monoisotopic (exact) mass is 253 g/mol. The normalized spacial score (nSPS) is 14.6. The van der Waals surface area contributed by atoms with Crippen molar-refractivity contribution in [3.63, 3.8) is 0 Å². The van der Waals surface area contributed by atoms with Gasteiger partial charge in [0, 0.05) is 12.2 Å². The minimum absolute atomic E-state index is 0.0152. The van der Waals surface area contributed by atoms with E-state index in [0.717, 1.165) is 12.1 Å². The molecule has 1 rings (SSSR count). The topological polar surface area (TPSA) is 50.1 Å². The largest absolute Gasteiger partial charge is 0.394 e. The zero-order chi connectivity index (χ0) is 14.0. The number of rotatable bonds is 4. The molecule has 104 valence electrons. The Morgan fingerprint density at radius 1 is 1.28 bits per heavy atom. The number of hydrogen-bond donors (Lipinski definition) is 2. The van der Waals surface area contributed by atoms with E-state index < -0.39 is 0 Å². The number of nitrogens with one attached hydrogen (secondary N) is 1. The highest BCUT2D eigenvalue weighted by Gasteiger charge is 2.19. The average molecular weight is 253 g/mol. The molecule has 0 fully saturated rings. The Labute approximate surface area is 110 Å². The van der Waals surface area contributed by atoms with Gasteiger partial charge in [-0.05, 0) is 32.6 Å². The summed E-state index contributed by atoms with van der Waals surface area (Å²) in [5, 5.41) is 17.1. The molecule has 0 aliphatic carbocycles. The summed E-state index contributed by atoms with van der Waals surface area (Å²) in [6.07, 6.45) is 4.73. The highest BCUT2D eigenvalue weighted by atomic mass is 16.3. The minimum Gasteiger partial charge on any atom is -0.394 e. The summed E-state index contributed by atoms with van der Waals surface area (Å²) in [5.74, 6) is 0. The molecule has 2 N–H and O–H groups in total. The van der Waals surface area contributed by atoms with Gasteiger partial charge in [0.1, 0.15) is 0 Å². The van der Waals surface area contributed by atoms with Crippen LogP contribution in [0.15, 0.2) is 12.4 Å². The van der Waals surface area contributed by atoms with Crippen molar-refractivity contribution < 1.29 is 5.11 Å². The van der Waals surface area contributed by atoms with E-state index in [1.165, 1.54) is 0 Å². The van der Waals surface area contributed by atoms with E-state index in [-0.39, 0.29) is 23.6 Å². The van der Waals surface area contributed by atoms with Gasteiger partial charge in [0.2, 0.25) is 0 Å². The second-order valence-corrected chi connectivity index (χ2v) is 7.13. The van der Waals surface area contributed by atoms with Gasteiger partial charge in [-0.3, -0.25) is 4.68 Å². The molecule has 1 aromatic rings. The van der Waals surface area contributed by atoms with Gasteiger partial charge in [-0.15, -0.1) is 0 Å². The first kappa shape index (κ1) is 15.0. The van der Waals surface area contributed by atoms with Crippen molar-refractivity contribution in [3.05, 3.63) is 12.4 Å². The first-order valence-electron chi connectivity index (χ1n) is 6.54. The Kier molecular flexibility index (Phi) is 4.43. The van der Waals surface area contributed by atoms with Gasteiger partial charge in [0.25, 0.3) is 0 Å². The van der Waals surface area contributed by atoms with Crippen molar-refractivity contribution in [1.29, 1.82) is 0 Å². The molecule has 0 spiro atoms. The lowest BCUT2D eigenvalue weighted by Crippen LogP contribution is -2.29. The highest BCUT2D eigenvalue weighted by molar-refractivity contribution is 5.39. The second kappa shape index (κ2) is 5.31. The summed E-state index contributed by atoms with van der Waals surface area (Å²) >= 11 is 0. The summed E-state index contributed by atoms with van der Waals surface area (Å²) in [5.41, 5.74) is 1.15. The molecule has 0 aromatic carbocycles. The van der Waals surface area contributed by atoms with Crippen molar-refractivity contribution in [2.45, 2.75) is 59.5 Å². The number of anilines is 1. The van der Waals surface area contributed by atoms with Gasteiger partial charge in [-0.1, -0.05) is 20.8 Å². The number of aliphatic hydroxyl groups excluding tert-OH is 1. The Bertz CT molecular complexity index is 371. The van der Waals surface area contributed by atoms with Gasteiger partial charge >= 0.3 is 0 Å². The van der Waals surface area contributed by atoms with Crippen molar-refractivity contribution in [1.82, 2.24) is 9.78 Å². The fourth-order valence-electron chi connectivity index (χ4n) is 1.90. The molecule has 0 aliphatic heterocycles. The molecule has 0 aliphatic rings. The summed E-state index contributed by atoms with van der Waals surface area (Å²) in [6.45, 7) is 13.0. The molecule has 0 unspecified atom stereocenters. The highest BCUT2D eigenvalue weighted by Crippen LogP contribution is 2.23. The summed E-state index contributed by atoms with van der Waals surface area (Å²) in [4.78, 5) is 0. The number of hydrogen-bond acceptors (Lipinski definition) is 3. The predicted molar refractivity (Wildman–Crippen MR) is 75.8 cm³/mol. The standard InChI is InChI=1S/C14H27N3O/c1-13(2,3)7-11(10-18)16-12-8-15-17(9-12)14(4,5)6/h8-9,11,16,18H,7,10H2,1-6H3/t11-/m1/s1. The maximum absolute atomic E-state index is 9.43. The van der Waals surface area contributed by atoms with E-state index in [9.17, 15) is 5.11 Å². The molecule has 0 bridgehead atoms. The molecular formula is C14H27N3O. The fraction of sp³-hybridized carbons (Fsp3) is 0.786. The predicted octanol–water partition coefficient (Wildman–Crippen LogP) is 2.85. The number of aliphatic hydroxyl groups is 1. The van der Waals surface area contributed by atoms with Gasteiger partial charge in [0.05, 0.1) is 24.0 Å². The third kappa shape index (κ3) is 4.69. The first-order valence-corrected chi connectivity index (χ1v) is 6.54. The van der Waals surface area contributed by atoms with Crippen LogP contribution < -0.4 is 5.32 Å². The lowest BCUT2D eigenvalue weighted by Gasteiger charge is -2.25. The summed E-state index contributed by atoms with van der Waals surface area (Å²) < 4.78 is 1.93. The van der Waals surface area contributed by atoms with Crippen LogP contribution in [0, 0.1) is 5.41 Å². The molecule has 4 heteroatoms. The van der Waals surface area contributed by atoms with E-state index in [1.54, 1.807) is 0 Å². The number of aromatic nitrogens is 2. The molecule has 0 radical (unpaired) electrons. The van der Waals surface area contributed by atoms with E-state index in [4.69, 9.17) is 0 Å². The van der Waals surface area contributed by atoms with Crippen LogP contribution in [0.25, 0.3) is 0 Å². The van der Waals surface area contributed by atoms with Gasteiger partial charge < -0.3 is 10.4 Å². The smallest absolute Gasteiger partial charge is 0.0729 e. The maximum Gasteiger partial charge on any atom is 0.0729 e. The van der Waals surface area contributed by atoms with Gasteiger partial charge in [0.15, 0.2) is 0 Å². The third-order valence-electron chi connectivity index (χ3n) is 2.72. The molecule has 1 atom stereocenters. The molecule has 0 saturated heterocycles. The molecule has 1 heterocycles. The van der Waals surface area contributed by atoms with E-state index in [0.29, 0.717) is 0 Å². The number of nitrogens with zero attached hydrogens (tertiary/aromatic N) is 2. The average Bonchev–Trinajstić information content (AvgIpc) is 2.62. The van der Waals surface area contributed by atoms with Crippen molar-refractivity contribution in [3.8, 4) is 0 Å². The zero-order valence-corrected chi connectivity index (χ0v) is 12.5. The molecule has 4 nitrogen and oxygen atoms in total. The minimum atomic E-state index is -0.0152. The van der Waals surface area contributed by atoms with Crippen LogP contribution in [0.1, 0.15) is 48.0 Å². The molecule has 0 saturated carbocycles. The summed E-state index contributed by atoms with van der Waals surface area (Å²) in [7, 11) is 0. The van der Waals surface area contributed by atoms with Crippen LogP contribution in [0.4, 0.5) is 5.69 Å². The van der Waals surface area contributed by atoms with E-state index in [2.05, 4.69) is 52.0 Å². The fourth-order valence-corrected chi connectivity index (χ4v) is 1.90. The van der Waals surface area contributed by atoms with Crippen LogP contribution in [0.5, 0.6) is 0 Å². The van der Waals surface area contributed by atoms with E-state index in [1.807, 2.05) is 17.1 Å². The van der Waals surface area contributed by atoms with Crippen LogP contribution in [-0.4, -0.2) is 27.5 Å². The van der Waals surface area contributed by atoms with Gasteiger partial charge in [-0.25, -0.2) is 0 Å². The Morgan fingerprint density at radius 3 is 2.28 bits per heavy atom. The quantitative estimate of drug-likeness (QED) is 0.867. The molecule has 0 amide bonds. The Balaban J connectivity index is 2.68. The lowest BCUT2D eigenvalue weighted by atomic mass is 9.88. The van der Waals surface area contributed by atoms with Crippen LogP contribution in [0.2, 0.25) is 0 Å². The first-order chi connectivity index (χ1) is 8.12. The van der Waals surface area contributed by atoms with Crippen molar-refractivity contribution >= 4 is 5.69 Å². The van der Waals surface area contributed by atoms with Crippen LogP contribution in [0.3, 0.4) is 0 Å². The Morgan fingerprint density at radius 2 is 1.89 bits per heavy atom. The van der Waals surface area contributed by atoms with Crippen molar-refractivity contribution in [2.24, 2.45) is 5.41 Å². The molecular weight excluding hydrogens is 226 g/mol. The summed E-state index contributed by atoms with van der Waals surface area (Å²) in [6, 6.07) is 0.0719. The van der Waals surface area contributed by atoms with E-state index >= 15 is 0 Å². The lowest BCUT2D eigenvalue weighted by molar-refractivity contribution is 0.234. The SMILES string of the molecule is CC(C)(C)C[C@H](CO)Nc1cnn(C(C)(C)C)c1. The molecule has 18 heavy (non-hydrogen) atoms. The van der Waals surface area contributed by atoms with Crippen LogP contribution >= 0.6 is 0 Å². The third-order valence-corrected chi connectivity index (χ3v) is 2.72. The van der Waals surface area contributed by atoms with Crippen molar-refractivity contribution in [2.75, 3.05) is 11.9 Å². The Hall–Kier alpha value is -1.03. The second-order valence-electron chi connectivity index (χ2n) is 7.13. The zero-order valence-electron chi connectivity index (χ0n) is 12.5. The molecule has 1 aromatic heterocycles. The van der Waals surface area contributed by atoms with Gasteiger partial charge in [-0.2, -0.15) is 5.10 Å².